The molecular formula is C16H26N2O. The molecule has 2 rings (SSSR count). The fourth-order valence-corrected chi connectivity index (χ4v) is 1.97. The third kappa shape index (κ3) is 5.19. The summed E-state index contributed by atoms with van der Waals surface area (Å²) < 4.78 is 5.80. The molecule has 0 radical (unpaired) electrons. The van der Waals surface area contributed by atoms with Crippen molar-refractivity contribution in [1.82, 2.24) is 10.3 Å². The first-order chi connectivity index (χ1) is 9.17. The number of aromatic nitrogens is 1. The van der Waals surface area contributed by atoms with Gasteiger partial charge in [-0.15, -0.1) is 0 Å². The van der Waals surface area contributed by atoms with Crippen molar-refractivity contribution in [3.05, 3.63) is 23.4 Å². The van der Waals surface area contributed by atoms with E-state index in [1.807, 2.05) is 0 Å². The molecule has 0 atom stereocenters. The second kappa shape index (κ2) is 6.90. The standard InChI is InChI=1S/C16H26N2O/c1-4-15-7-14(10-17-9-12(2)3)8-16(18-15)19-11-13-5-6-13/h7-8,12-13,17H,4-6,9-11H2,1-3H3. The van der Waals surface area contributed by atoms with E-state index in [9.17, 15) is 0 Å². The zero-order valence-electron chi connectivity index (χ0n) is 12.4. The van der Waals surface area contributed by atoms with Crippen LogP contribution in [0.3, 0.4) is 0 Å². The van der Waals surface area contributed by atoms with Crippen molar-refractivity contribution in [1.29, 1.82) is 0 Å². The maximum atomic E-state index is 5.80. The average Bonchev–Trinajstić information content (AvgIpc) is 3.19. The Hall–Kier alpha value is -1.09. The second-order valence-electron chi connectivity index (χ2n) is 5.94. The van der Waals surface area contributed by atoms with Gasteiger partial charge in [-0.25, -0.2) is 4.98 Å². The summed E-state index contributed by atoms with van der Waals surface area (Å²) in [5.74, 6) is 2.25. The van der Waals surface area contributed by atoms with Gasteiger partial charge in [-0.05, 0) is 49.3 Å². The lowest BCUT2D eigenvalue weighted by Gasteiger charge is -2.11. The third-order valence-corrected chi connectivity index (χ3v) is 3.32. The minimum Gasteiger partial charge on any atom is -0.477 e. The molecule has 0 bridgehead atoms. The summed E-state index contributed by atoms with van der Waals surface area (Å²) in [4.78, 5) is 4.54. The summed E-state index contributed by atoms with van der Waals surface area (Å²) in [5, 5.41) is 3.47. The minimum absolute atomic E-state index is 0.679. The first-order valence-electron chi connectivity index (χ1n) is 7.50. The monoisotopic (exact) mass is 262 g/mol. The Labute approximate surface area is 116 Å². The van der Waals surface area contributed by atoms with Gasteiger partial charge in [-0.3, -0.25) is 0 Å². The topological polar surface area (TPSA) is 34.1 Å². The predicted octanol–water partition coefficient (Wildman–Crippen LogP) is 3.18. The van der Waals surface area contributed by atoms with Gasteiger partial charge in [0.15, 0.2) is 0 Å². The van der Waals surface area contributed by atoms with Gasteiger partial charge in [0.1, 0.15) is 0 Å². The normalized spacial score (nSPS) is 14.9. The van der Waals surface area contributed by atoms with Gasteiger partial charge in [0.2, 0.25) is 5.88 Å². The molecule has 0 spiro atoms. The molecule has 0 aliphatic heterocycles. The SMILES string of the molecule is CCc1cc(CNCC(C)C)cc(OCC2CC2)n1. The number of pyridine rings is 1. The summed E-state index contributed by atoms with van der Waals surface area (Å²) in [6.07, 6.45) is 3.59. The minimum atomic E-state index is 0.679. The predicted molar refractivity (Wildman–Crippen MR) is 78.4 cm³/mol. The van der Waals surface area contributed by atoms with Crippen LogP contribution in [0.15, 0.2) is 12.1 Å². The van der Waals surface area contributed by atoms with Crippen LogP contribution in [0.4, 0.5) is 0 Å². The maximum Gasteiger partial charge on any atom is 0.213 e. The van der Waals surface area contributed by atoms with Crippen LogP contribution >= 0.6 is 0 Å². The van der Waals surface area contributed by atoms with Gasteiger partial charge in [-0.1, -0.05) is 20.8 Å². The van der Waals surface area contributed by atoms with Crippen LogP contribution in [0.1, 0.15) is 44.9 Å². The van der Waals surface area contributed by atoms with Crippen LogP contribution < -0.4 is 10.1 Å². The van der Waals surface area contributed by atoms with Gasteiger partial charge in [0, 0.05) is 18.3 Å². The van der Waals surface area contributed by atoms with Crippen LogP contribution in [-0.2, 0) is 13.0 Å². The molecule has 0 aromatic carbocycles. The molecule has 3 heteroatoms. The Kier molecular flexibility index (Phi) is 5.20. The molecule has 106 valence electrons. The highest BCUT2D eigenvalue weighted by Gasteiger charge is 2.22. The van der Waals surface area contributed by atoms with E-state index in [1.165, 1.54) is 18.4 Å². The molecule has 1 aromatic heterocycles. The Morgan fingerprint density at radius 3 is 2.79 bits per heavy atom. The quantitative estimate of drug-likeness (QED) is 0.781. The van der Waals surface area contributed by atoms with Crippen LogP contribution in [0, 0.1) is 11.8 Å². The lowest BCUT2D eigenvalue weighted by atomic mass is 10.2. The summed E-state index contributed by atoms with van der Waals surface area (Å²) >= 11 is 0. The molecular weight excluding hydrogens is 236 g/mol. The Morgan fingerprint density at radius 2 is 2.16 bits per heavy atom. The van der Waals surface area contributed by atoms with E-state index in [0.29, 0.717) is 5.92 Å². The molecule has 0 amide bonds. The lowest BCUT2D eigenvalue weighted by Crippen LogP contribution is -2.19. The first-order valence-corrected chi connectivity index (χ1v) is 7.50. The van der Waals surface area contributed by atoms with E-state index in [-0.39, 0.29) is 0 Å². The molecule has 1 heterocycles. The van der Waals surface area contributed by atoms with Crippen molar-refractivity contribution in [2.45, 2.75) is 46.6 Å². The molecule has 3 nitrogen and oxygen atoms in total. The van der Waals surface area contributed by atoms with E-state index in [4.69, 9.17) is 4.74 Å². The van der Waals surface area contributed by atoms with Crippen LogP contribution in [0.2, 0.25) is 0 Å². The van der Waals surface area contributed by atoms with Crippen molar-refractivity contribution in [3.8, 4) is 5.88 Å². The van der Waals surface area contributed by atoms with Crippen molar-refractivity contribution in [3.63, 3.8) is 0 Å². The van der Waals surface area contributed by atoms with Crippen molar-refractivity contribution < 1.29 is 4.74 Å². The first kappa shape index (κ1) is 14.3. The number of ether oxygens (including phenoxy) is 1. The highest BCUT2D eigenvalue weighted by molar-refractivity contribution is 5.25. The van der Waals surface area contributed by atoms with Crippen molar-refractivity contribution >= 4 is 0 Å². The van der Waals surface area contributed by atoms with Crippen LogP contribution in [-0.4, -0.2) is 18.1 Å². The molecule has 1 aliphatic rings. The summed E-state index contributed by atoms with van der Waals surface area (Å²) in [7, 11) is 0. The van der Waals surface area contributed by atoms with E-state index >= 15 is 0 Å². The Balaban J connectivity index is 1.93. The largest absolute Gasteiger partial charge is 0.477 e. The van der Waals surface area contributed by atoms with E-state index < -0.39 is 0 Å². The van der Waals surface area contributed by atoms with Crippen molar-refractivity contribution in [2.75, 3.05) is 13.2 Å². The smallest absolute Gasteiger partial charge is 0.213 e. The Morgan fingerprint density at radius 1 is 1.37 bits per heavy atom. The fraction of sp³-hybridized carbons (Fsp3) is 0.688. The van der Waals surface area contributed by atoms with E-state index in [2.05, 4.69) is 43.2 Å². The molecule has 0 unspecified atom stereocenters. The van der Waals surface area contributed by atoms with Crippen molar-refractivity contribution in [2.24, 2.45) is 11.8 Å². The average molecular weight is 262 g/mol. The number of hydrogen-bond donors (Lipinski definition) is 1. The highest BCUT2D eigenvalue weighted by Crippen LogP contribution is 2.29. The molecule has 1 aromatic rings. The zero-order chi connectivity index (χ0) is 13.7. The molecule has 1 fully saturated rings. The summed E-state index contributed by atoms with van der Waals surface area (Å²) in [6.45, 7) is 9.36. The Bertz CT molecular complexity index is 400. The van der Waals surface area contributed by atoms with E-state index in [0.717, 1.165) is 43.6 Å². The van der Waals surface area contributed by atoms with E-state index in [1.54, 1.807) is 0 Å². The van der Waals surface area contributed by atoms with Crippen LogP contribution in [0.25, 0.3) is 0 Å². The summed E-state index contributed by atoms with van der Waals surface area (Å²) in [6, 6.07) is 4.26. The fourth-order valence-electron chi connectivity index (χ4n) is 1.97. The number of rotatable bonds is 8. The van der Waals surface area contributed by atoms with Gasteiger partial charge >= 0.3 is 0 Å². The third-order valence-electron chi connectivity index (χ3n) is 3.32. The number of aryl methyl sites for hydroxylation is 1. The zero-order valence-corrected chi connectivity index (χ0v) is 12.4. The molecule has 1 aliphatic carbocycles. The molecule has 1 saturated carbocycles. The highest BCUT2D eigenvalue weighted by atomic mass is 16.5. The number of nitrogens with zero attached hydrogens (tertiary/aromatic N) is 1. The molecule has 0 saturated heterocycles. The second-order valence-corrected chi connectivity index (χ2v) is 5.94. The number of hydrogen-bond acceptors (Lipinski definition) is 3. The number of nitrogens with one attached hydrogen (secondary N) is 1. The molecule has 19 heavy (non-hydrogen) atoms. The van der Waals surface area contributed by atoms with Gasteiger partial charge in [0.05, 0.1) is 6.61 Å². The van der Waals surface area contributed by atoms with Gasteiger partial charge in [0.25, 0.3) is 0 Å². The molecule has 1 N–H and O–H groups in total. The maximum absolute atomic E-state index is 5.80. The summed E-state index contributed by atoms with van der Waals surface area (Å²) in [5.41, 5.74) is 2.40. The van der Waals surface area contributed by atoms with Gasteiger partial charge in [-0.2, -0.15) is 0 Å². The van der Waals surface area contributed by atoms with Crippen LogP contribution in [0.5, 0.6) is 5.88 Å². The lowest BCUT2D eigenvalue weighted by molar-refractivity contribution is 0.287. The van der Waals surface area contributed by atoms with Gasteiger partial charge < -0.3 is 10.1 Å².